The molecular weight excluding hydrogens is 312 g/mol. The summed E-state index contributed by atoms with van der Waals surface area (Å²) in [5.74, 6) is 0.869. The summed E-state index contributed by atoms with van der Waals surface area (Å²) in [5, 5.41) is 8.20. The van der Waals surface area contributed by atoms with Crippen molar-refractivity contribution in [1.82, 2.24) is 0 Å². The van der Waals surface area contributed by atoms with Crippen LogP contribution in [0.25, 0.3) is 38.4 Å². The van der Waals surface area contributed by atoms with Crippen LogP contribution in [0, 0.1) is 5.92 Å². The zero-order valence-corrected chi connectivity index (χ0v) is 14.4. The molecule has 0 spiro atoms. The van der Waals surface area contributed by atoms with Gasteiger partial charge in [-0.25, -0.2) is 0 Å². The number of benzene rings is 4. The zero-order valence-electron chi connectivity index (χ0n) is 14.4. The van der Waals surface area contributed by atoms with Crippen LogP contribution in [0.15, 0.2) is 91.0 Å². The third-order valence-electron chi connectivity index (χ3n) is 5.99. The fourth-order valence-corrected chi connectivity index (χ4v) is 4.85. The van der Waals surface area contributed by atoms with Gasteiger partial charge in [-0.1, -0.05) is 97.1 Å². The lowest BCUT2D eigenvalue weighted by Gasteiger charge is -2.30. The largest absolute Gasteiger partial charge is 0.0767 e. The second kappa shape index (κ2) is 5.19. The van der Waals surface area contributed by atoms with Crippen LogP contribution in [0.1, 0.15) is 17.0 Å². The molecule has 4 aromatic rings. The summed E-state index contributed by atoms with van der Waals surface area (Å²) >= 11 is 0. The van der Waals surface area contributed by atoms with Gasteiger partial charge in [-0.3, -0.25) is 0 Å². The van der Waals surface area contributed by atoms with Crippen LogP contribution >= 0.6 is 0 Å². The molecule has 122 valence electrons. The second-order valence-corrected chi connectivity index (χ2v) is 7.31. The van der Waals surface area contributed by atoms with Gasteiger partial charge in [0.25, 0.3) is 0 Å². The molecule has 0 fully saturated rings. The molecule has 0 nitrogen and oxygen atoms in total. The molecule has 4 aromatic carbocycles. The molecule has 2 aliphatic rings. The Labute approximate surface area is 152 Å². The number of fused-ring (bicyclic) bond motifs is 10. The van der Waals surface area contributed by atoms with Crippen molar-refractivity contribution in [3.8, 4) is 0 Å². The quantitative estimate of drug-likeness (QED) is 0.304. The van der Waals surface area contributed by atoms with Gasteiger partial charge in [0, 0.05) is 11.8 Å². The molecule has 0 aromatic heterocycles. The lowest BCUT2D eigenvalue weighted by molar-refractivity contribution is 0.699. The smallest absolute Gasteiger partial charge is 0.0131 e. The zero-order chi connectivity index (χ0) is 17.1. The average Bonchev–Trinajstić information content (AvgIpc) is 2.73. The Hall–Kier alpha value is -3.12. The molecule has 0 N–H and O–H groups in total. The maximum absolute atomic E-state index is 2.38. The summed E-state index contributed by atoms with van der Waals surface area (Å²) in [6, 6.07) is 22.2. The third-order valence-corrected chi connectivity index (χ3v) is 5.99. The highest BCUT2D eigenvalue weighted by Gasteiger charge is 2.28. The molecule has 2 atom stereocenters. The molecule has 0 bridgehead atoms. The van der Waals surface area contributed by atoms with Gasteiger partial charge < -0.3 is 0 Å². The van der Waals surface area contributed by atoms with E-state index in [9.17, 15) is 0 Å². The van der Waals surface area contributed by atoms with Crippen LogP contribution < -0.4 is 0 Å². The number of rotatable bonds is 0. The Kier molecular flexibility index (Phi) is 2.81. The van der Waals surface area contributed by atoms with Crippen molar-refractivity contribution >= 4 is 38.4 Å². The van der Waals surface area contributed by atoms with Crippen molar-refractivity contribution < 1.29 is 0 Å². The van der Waals surface area contributed by atoms with Gasteiger partial charge in [0.15, 0.2) is 0 Å². The molecule has 0 aliphatic heterocycles. The Bertz CT molecular complexity index is 1280. The van der Waals surface area contributed by atoms with E-state index in [-0.39, 0.29) is 0 Å². The van der Waals surface area contributed by atoms with Crippen molar-refractivity contribution in [2.45, 2.75) is 5.92 Å². The summed E-state index contributed by atoms with van der Waals surface area (Å²) in [4.78, 5) is 0. The van der Waals surface area contributed by atoms with E-state index in [1.165, 1.54) is 43.4 Å². The van der Waals surface area contributed by atoms with Crippen LogP contribution in [0.5, 0.6) is 0 Å². The predicted molar refractivity (Wildman–Crippen MR) is 113 cm³/mol. The van der Waals surface area contributed by atoms with Gasteiger partial charge >= 0.3 is 0 Å². The molecule has 2 unspecified atom stereocenters. The van der Waals surface area contributed by atoms with Crippen molar-refractivity contribution in [3.05, 3.63) is 102 Å². The highest BCUT2D eigenvalue weighted by atomic mass is 14.3. The Morgan fingerprint density at radius 3 is 2.27 bits per heavy atom. The van der Waals surface area contributed by atoms with Gasteiger partial charge in [-0.05, 0) is 43.4 Å². The molecule has 26 heavy (non-hydrogen) atoms. The molecule has 0 saturated heterocycles. The topological polar surface area (TPSA) is 0 Å². The molecule has 2 aliphatic carbocycles. The van der Waals surface area contributed by atoms with E-state index in [1.54, 1.807) is 0 Å². The van der Waals surface area contributed by atoms with Crippen molar-refractivity contribution in [1.29, 1.82) is 0 Å². The van der Waals surface area contributed by atoms with Gasteiger partial charge in [0.05, 0.1) is 0 Å². The minimum absolute atomic E-state index is 0.415. The summed E-state index contributed by atoms with van der Waals surface area (Å²) in [6.45, 7) is 0. The van der Waals surface area contributed by atoms with Gasteiger partial charge in [-0.2, -0.15) is 0 Å². The first-order valence-corrected chi connectivity index (χ1v) is 9.31. The summed E-state index contributed by atoms with van der Waals surface area (Å²) < 4.78 is 0. The van der Waals surface area contributed by atoms with Crippen molar-refractivity contribution in [2.75, 3.05) is 0 Å². The van der Waals surface area contributed by atoms with Crippen LogP contribution in [-0.2, 0) is 0 Å². The fraction of sp³-hybridized carbons (Fsp3) is 0.0769. The summed E-state index contributed by atoms with van der Waals surface area (Å²) in [5.41, 5.74) is 2.88. The van der Waals surface area contributed by atoms with Crippen LogP contribution in [0.3, 0.4) is 0 Å². The third kappa shape index (κ3) is 1.79. The molecular formula is C26H18. The SMILES string of the molecule is C1=CC2C=Cc3c(c4c5ccccc5ccc4c4ccccc34)C2C=C1. The van der Waals surface area contributed by atoms with E-state index in [0.29, 0.717) is 11.8 Å². The lowest BCUT2D eigenvalue weighted by atomic mass is 9.73. The van der Waals surface area contributed by atoms with Crippen molar-refractivity contribution in [2.24, 2.45) is 5.92 Å². The minimum Gasteiger partial charge on any atom is -0.0767 e. The highest BCUT2D eigenvalue weighted by molar-refractivity contribution is 6.21. The first-order chi connectivity index (χ1) is 12.9. The standard InChI is InChI=1S/C26H18/c1-3-9-19-17(7-1)13-15-23-21-11-5-6-12-22(21)24-16-14-18-8-2-4-10-20(18)26(24)25(19)23/h1-17,19H. The first kappa shape index (κ1) is 14.1. The highest BCUT2D eigenvalue weighted by Crippen LogP contribution is 2.47. The maximum atomic E-state index is 2.38. The molecule has 0 saturated carbocycles. The number of hydrogen-bond acceptors (Lipinski definition) is 0. The monoisotopic (exact) mass is 330 g/mol. The average molecular weight is 330 g/mol. The lowest BCUT2D eigenvalue weighted by Crippen LogP contribution is -2.14. The van der Waals surface area contributed by atoms with Gasteiger partial charge in [0.1, 0.15) is 0 Å². The minimum atomic E-state index is 0.415. The number of allylic oxidation sites excluding steroid dienone is 5. The first-order valence-electron chi connectivity index (χ1n) is 9.31. The molecule has 0 amide bonds. The van der Waals surface area contributed by atoms with E-state index in [2.05, 4.69) is 97.1 Å². The summed E-state index contributed by atoms with van der Waals surface area (Å²) in [7, 11) is 0. The summed E-state index contributed by atoms with van der Waals surface area (Å²) in [6.07, 6.45) is 13.8. The normalized spacial score (nSPS) is 20.6. The Balaban J connectivity index is 1.91. The number of hydrogen-bond donors (Lipinski definition) is 0. The molecule has 0 radical (unpaired) electrons. The Morgan fingerprint density at radius 1 is 0.577 bits per heavy atom. The van der Waals surface area contributed by atoms with E-state index in [0.717, 1.165) is 0 Å². The van der Waals surface area contributed by atoms with Crippen molar-refractivity contribution in [3.63, 3.8) is 0 Å². The van der Waals surface area contributed by atoms with E-state index in [4.69, 9.17) is 0 Å². The van der Waals surface area contributed by atoms with Gasteiger partial charge in [-0.15, -0.1) is 0 Å². The van der Waals surface area contributed by atoms with E-state index < -0.39 is 0 Å². The van der Waals surface area contributed by atoms with Crippen LogP contribution in [0.2, 0.25) is 0 Å². The maximum Gasteiger partial charge on any atom is 0.0131 e. The molecule has 0 heteroatoms. The molecule has 0 heterocycles. The molecule has 6 rings (SSSR count). The second-order valence-electron chi connectivity index (χ2n) is 7.31. The van der Waals surface area contributed by atoms with Crippen LogP contribution in [0.4, 0.5) is 0 Å². The van der Waals surface area contributed by atoms with E-state index in [1.807, 2.05) is 0 Å². The van der Waals surface area contributed by atoms with Crippen LogP contribution in [-0.4, -0.2) is 0 Å². The Morgan fingerprint density at radius 2 is 1.35 bits per heavy atom. The van der Waals surface area contributed by atoms with E-state index >= 15 is 0 Å². The van der Waals surface area contributed by atoms with Gasteiger partial charge in [0.2, 0.25) is 0 Å². The fourth-order valence-electron chi connectivity index (χ4n) is 4.85. The predicted octanol–water partition coefficient (Wildman–Crippen LogP) is 7.00.